The van der Waals surface area contributed by atoms with Gasteiger partial charge in [0.05, 0.1) is 0 Å². The molecule has 0 fully saturated rings. The van der Waals surface area contributed by atoms with E-state index in [9.17, 15) is 9.90 Å². The quantitative estimate of drug-likeness (QED) is 0.566. The van der Waals surface area contributed by atoms with Gasteiger partial charge in [-0.05, 0) is 0 Å². The second-order valence-electron chi connectivity index (χ2n) is 5.38. The van der Waals surface area contributed by atoms with Gasteiger partial charge in [-0.3, -0.25) is 0 Å². The molecule has 0 radical (unpaired) electrons. The zero-order chi connectivity index (χ0) is 13.1. The van der Waals surface area contributed by atoms with Gasteiger partial charge >= 0.3 is 107 Å². The summed E-state index contributed by atoms with van der Waals surface area (Å²) in [7, 11) is -1.52. The second-order valence-corrected chi connectivity index (χ2v) is 10.2. The van der Waals surface area contributed by atoms with Gasteiger partial charge in [0, 0.05) is 0 Å². The molecule has 104 valence electrons. The summed E-state index contributed by atoms with van der Waals surface area (Å²) in [5, 5.41) is 9.18. The first-order chi connectivity index (χ1) is 8.10. The van der Waals surface area contributed by atoms with E-state index in [4.69, 9.17) is 0 Å². The Morgan fingerprint density at radius 3 is 1.47 bits per heavy atom. The van der Waals surface area contributed by atoms with E-state index in [1.54, 1.807) is 0 Å². The number of unbranched alkanes of at least 4 members (excludes halogenated alkanes) is 3. The Bertz CT molecular complexity index is 183. The molecule has 0 aromatic heterocycles. The monoisotopic (exact) mass is 262 g/mol. The average molecular weight is 262 g/mol. The SMILES string of the molecule is CCCC[PH](CCCC)(CCCC)CC(=O)O. The summed E-state index contributed by atoms with van der Waals surface area (Å²) >= 11 is 0. The number of rotatable bonds is 11. The molecule has 0 saturated carbocycles. The van der Waals surface area contributed by atoms with Gasteiger partial charge < -0.3 is 0 Å². The first kappa shape index (κ1) is 16.9. The molecule has 0 aliphatic rings. The van der Waals surface area contributed by atoms with Gasteiger partial charge in [-0.15, -0.1) is 0 Å². The molecule has 0 aromatic carbocycles. The molecule has 0 unspecified atom stereocenters. The fourth-order valence-corrected chi connectivity index (χ4v) is 7.85. The topological polar surface area (TPSA) is 37.3 Å². The molecule has 0 rings (SSSR count). The molecule has 0 aromatic rings. The Morgan fingerprint density at radius 1 is 0.882 bits per heavy atom. The van der Waals surface area contributed by atoms with Crippen LogP contribution in [-0.2, 0) is 4.79 Å². The van der Waals surface area contributed by atoms with Gasteiger partial charge in [0.25, 0.3) is 0 Å². The van der Waals surface area contributed by atoms with Gasteiger partial charge in [0.15, 0.2) is 0 Å². The summed E-state index contributed by atoms with van der Waals surface area (Å²) in [5.74, 6) is -0.556. The van der Waals surface area contributed by atoms with Crippen LogP contribution in [0.15, 0.2) is 0 Å². The molecule has 0 spiro atoms. The summed E-state index contributed by atoms with van der Waals surface area (Å²) in [6.07, 6.45) is 11.5. The van der Waals surface area contributed by atoms with Crippen molar-refractivity contribution < 1.29 is 9.90 Å². The summed E-state index contributed by atoms with van der Waals surface area (Å²) in [6.45, 7) is 6.62. The fourth-order valence-electron chi connectivity index (χ4n) is 2.62. The molecule has 0 aliphatic carbocycles. The van der Waals surface area contributed by atoms with Crippen LogP contribution in [0.2, 0.25) is 0 Å². The van der Waals surface area contributed by atoms with Crippen molar-refractivity contribution in [2.45, 2.75) is 59.3 Å². The van der Waals surface area contributed by atoms with Crippen molar-refractivity contribution in [1.29, 1.82) is 0 Å². The molecule has 3 heteroatoms. The van der Waals surface area contributed by atoms with E-state index in [0.717, 1.165) is 0 Å². The minimum absolute atomic E-state index is 0.507. The van der Waals surface area contributed by atoms with Crippen molar-refractivity contribution in [3.63, 3.8) is 0 Å². The Morgan fingerprint density at radius 2 is 1.24 bits per heavy atom. The maximum absolute atomic E-state index is 11.1. The van der Waals surface area contributed by atoms with Crippen molar-refractivity contribution in [2.75, 3.05) is 24.6 Å². The predicted octanol–water partition coefficient (Wildman–Crippen LogP) is 4.22. The van der Waals surface area contributed by atoms with Crippen molar-refractivity contribution in [2.24, 2.45) is 0 Å². The van der Waals surface area contributed by atoms with Gasteiger partial charge in [0.2, 0.25) is 0 Å². The average Bonchev–Trinajstić information content (AvgIpc) is 2.30. The summed E-state index contributed by atoms with van der Waals surface area (Å²) in [5.41, 5.74) is 0. The van der Waals surface area contributed by atoms with Crippen LogP contribution >= 0.6 is 7.26 Å². The molecular weight excluding hydrogens is 231 g/mol. The van der Waals surface area contributed by atoms with Crippen LogP contribution in [0.5, 0.6) is 0 Å². The minimum atomic E-state index is -1.52. The van der Waals surface area contributed by atoms with Crippen LogP contribution in [-0.4, -0.2) is 35.7 Å². The number of aliphatic carboxylic acids is 1. The first-order valence-corrected chi connectivity index (χ1v) is 10.1. The van der Waals surface area contributed by atoms with E-state index in [1.807, 2.05) is 0 Å². The van der Waals surface area contributed by atoms with Crippen molar-refractivity contribution in [3.8, 4) is 0 Å². The third kappa shape index (κ3) is 7.76. The first-order valence-electron chi connectivity index (χ1n) is 7.32. The summed E-state index contributed by atoms with van der Waals surface area (Å²) in [6, 6.07) is 0. The number of hydrogen-bond acceptors (Lipinski definition) is 1. The van der Waals surface area contributed by atoms with Crippen molar-refractivity contribution >= 4 is 13.2 Å². The van der Waals surface area contributed by atoms with E-state index in [-0.39, 0.29) is 0 Å². The molecule has 2 nitrogen and oxygen atoms in total. The van der Waals surface area contributed by atoms with Crippen LogP contribution in [0.4, 0.5) is 0 Å². The Labute approximate surface area is 108 Å². The van der Waals surface area contributed by atoms with Gasteiger partial charge in [-0.25, -0.2) is 0 Å². The third-order valence-electron chi connectivity index (χ3n) is 3.71. The molecular formula is C14H31O2P. The fraction of sp³-hybridized carbons (Fsp3) is 0.929. The van der Waals surface area contributed by atoms with Gasteiger partial charge in [-0.2, -0.15) is 0 Å². The Kier molecular flexibility index (Phi) is 9.82. The molecule has 1 N–H and O–H groups in total. The van der Waals surface area contributed by atoms with Gasteiger partial charge in [0.1, 0.15) is 0 Å². The predicted molar refractivity (Wildman–Crippen MR) is 80.1 cm³/mol. The van der Waals surface area contributed by atoms with Crippen LogP contribution in [0.1, 0.15) is 59.3 Å². The van der Waals surface area contributed by atoms with E-state index in [0.29, 0.717) is 6.16 Å². The van der Waals surface area contributed by atoms with Crippen LogP contribution < -0.4 is 0 Å². The molecule has 17 heavy (non-hydrogen) atoms. The number of carbonyl (C=O) groups is 1. The summed E-state index contributed by atoms with van der Waals surface area (Å²) < 4.78 is 0. The van der Waals surface area contributed by atoms with Gasteiger partial charge in [-0.1, -0.05) is 0 Å². The molecule has 0 aliphatic heterocycles. The Hall–Kier alpha value is -0.100. The normalized spacial score (nSPS) is 12.6. The molecule has 0 atom stereocenters. The molecule has 0 heterocycles. The number of carboxylic acid groups (broad SMARTS) is 1. The van der Waals surface area contributed by atoms with E-state index >= 15 is 0 Å². The van der Waals surface area contributed by atoms with Crippen LogP contribution in [0, 0.1) is 0 Å². The Balaban J connectivity index is 4.56. The van der Waals surface area contributed by atoms with Crippen molar-refractivity contribution in [1.82, 2.24) is 0 Å². The van der Waals surface area contributed by atoms with E-state index in [1.165, 1.54) is 57.0 Å². The van der Waals surface area contributed by atoms with E-state index < -0.39 is 13.2 Å². The van der Waals surface area contributed by atoms with Crippen molar-refractivity contribution in [3.05, 3.63) is 0 Å². The molecule has 0 bridgehead atoms. The van der Waals surface area contributed by atoms with Crippen LogP contribution in [0.3, 0.4) is 0 Å². The van der Waals surface area contributed by atoms with Crippen LogP contribution in [0.25, 0.3) is 0 Å². The maximum atomic E-state index is 11.1. The molecule has 0 amide bonds. The molecule has 0 saturated heterocycles. The summed E-state index contributed by atoms with van der Waals surface area (Å²) in [4.78, 5) is 11.1. The van der Waals surface area contributed by atoms with E-state index in [2.05, 4.69) is 20.8 Å². The number of carboxylic acids is 1. The second kappa shape index (κ2) is 9.88. The zero-order valence-electron chi connectivity index (χ0n) is 11.9. The standard InChI is InChI=1S/C14H31O2P/c1-4-7-10-17(11-8-5-2,12-9-6-3)13-14(15)16/h17H,4-13H2,1-3H3,(H,15,16). The zero-order valence-corrected chi connectivity index (χ0v) is 12.9. The number of hydrogen-bond donors (Lipinski definition) is 1. The third-order valence-corrected chi connectivity index (χ3v) is 9.00.